The van der Waals surface area contributed by atoms with Crippen LogP contribution in [0.1, 0.15) is 24.0 Å². The number of aliphatic hydroxyl groups is 1. The molecule has 1 aromatic carbocycles. The fourth-order valence-corrected chi connectivity index (χ4v) is 1.53. The Kier molecular flexibility index (Phi) is 1.60. The Hall–Kier alpha value is -1.09. The highest BCUT2D eigenvalue weighted by Crippen LogP contribution is 2.48. The van der Waals surface area contributed by atoms with Gasteiger partial charge >= 0.3 is 0 Å². The summed E-state index contributed by atoms with van der Waals surface area (Å²) in [5.41, 5.74) is 6.65. The molecule has 3 heteroatoms. The van der Waals surface area contributed by atoms with Gasteiger partial charge in [-0.3, -0.25) is 0 Å². The topological polar surface area (TPSA) is 46.2 Å². The molecule has 0 radical (unpaired) electrons. The van der Waals surface area contributed by atoms with Crippen LogP contribution in [0.25, 0.3) is 0 Å². The van der Waals surface area contributed by atoms with Crippen LogP contribution in [0.4, 0.5) is 10.1 Å². The summed E-state index contributed by atoms with van der Waals surface area (Å²) in [4.78, 5) is 0. The zero-order valence-electron chi connectivity index (χ0n) is 7.47. The molecule has 0 aliphatic heterocycles. The van der Waals surface area contributed by atoms with Crippen molar-refractivity contribution in [1.29, 1.82) is 0 Å². The number of aryl methyl sites for hydroxylation is 1. The lowest BCUT2D eigenvalue weighted by molar-refractivity contribution is 0.152. The van der Waals surface area contributed by atoms with Gasteiger partial charge in [0.15, 0.2) is 0 Å². The molecule has 3 N–H and O–H groups in total. The SMILES string of the molecule is Cc1cc(F)cc(C2(O)CC2)c1N. The van der Waals surface area contributed by atoms with E-state index in [1.807, 2.05) is 0 Å². The number of benzene rings is 1. The number of rotatable bonds is 1. The number of anilines is 1. The summed E-state index contributed by atoms with van der Waals surface area (Å²) in [5, 5.41) is 9.78. The molecule has 0 bridgehead atoms. The standard InChI is InChI=1S/C10H12FNO/c1-6-4-7(11)5-8(9(6)12)10(13)2-3-10/h4-5,13H,2-3,12H2,1H3. The monoisotopic (exact) mass is 181 g/mol. The molecule has 2 rings (SSSR count). The van der Waals surface area contributed by atoms with Crippen molar-refractivity contribution in [2.75, 3.05) is 5.73 Å². The van der Waals surface area contributed by atoms with Crippen molar-refractivity contribution in [3.05, 3.63) is 29.1 Å². The second-order valence-corrected chi connectivity index (χ2v) is 3.72. The predicted octanol–water partition coefficient (Wildman–Crippen LogP) is 1.70. The van der Waals surface area contributed by atoms with E-state index in [4.69, 9.17) is 5.73 Å². The van der Waals surface area contributed by atoms with Crippen molar-refractivity contribution in [3.8, 4) is 0 Å². The van der Waals surface area contributed by atoms with Gasteiger partial charge in [0.2, 0.25) is 0 Å². The van der Waals surface area contributed by atoms with Crippen molar-refractivity contribution in [2.45, 2.75) is 25.4 Å². The van der Waals surface area contributed by atoms with Gasteiger partial charge in [0, 0.05) is 11.3 Å². The molecule has 70 valence electrons. The van der Waals surface area contributed by atoms with Crippen molar-refractivity contribution < 1.29 is 9.50 Å². The first-order valence-corrected chi connectivity index (χ1v) is 4.31. The van der Waals surface area contributed by atoms with Crippen LogP contribution in [0.3, 0.4) is 0 Å². The normalized spacial score (nSPS) is 18.7. The fraction of sp³-hybridized carbons (Fsp3) is 0.400. The molecule has 0 saturated heterocycles. The lowest BCUT2D eigenvalue weighted by Gasteiger charge is -2.13. The van der Waals surface area contributed by atoms with Crippen LogP contribution in [0.5, 0.6) is 0 Å². The van der Waals surface area contributed by atoms with Crippen LogP contribution in [-0.2, 0) is 5.60 Å². The van der Waals surface area contributed by atoms with Gasteiger partial charge < -0.3 is 10.8 Å². The molecule has 1 aliphatic carbocycles. The third-order valence-corrected chi connectivity index (χ3v) is 2.58. The van der Waals surface area contributed by atoms with Gasteiger partial charge in [0.1, 0.15) is 5.82 Å². The summed E-state index contributed by atoms with van der Waals surface area (Å²) >= 11 is 0. The van der Waals surface area contributed by atoms with E-state index in [0.29, 0.717) is 29.7 Å². The number of nitrogen functional groups attached to an aromatic ring is 1. The van der Waals surface area contributed by atoms with Crippen LogP contribution in [-0.4, -0.2) is 5.11 Å². The third-order valence-electron chi connectivity index (χ3n) is 2.58. The lowest BCUT2D eigenvalue weighted by atomic mass is 10.0. The van der Waals surface area contributed by atoms with Crippen LogP contribution in [0.15, 0.2) is 12.1 Å². The molecule has 0 heterocycles. The number of hydrogen-bond acceptors (Lipinski definition) is 2. The minimum atomic E-state index is -0.850. The molecule has 1 aliphatic rings. The zero-order chi connectivity index (χ0) is 9.64. The minimum absolute atomic E-state index is 0.331. The molecular weight excluding hydrogens is 169 g/mol. The maximum atomic E-state index is 13.0. The molecule has 13 heavy (non-hydrogen) atoms. The van der Waals surface area contributed by atoms with Crippen molar-refractivity contribution in [2.24, 2.45) is 0 Å². The van der Waals surface area contributed by atoms with Crippen molar-refractivity contribution in [1.82, 2.24) is 0 Å². The van der Waals surface area contributed by atoms with Gasteiger partial charge in [-0.25, -0.2) is 4.39 Å². The molecule has 1 saturated carbocycles. The van der Waals surface area contributed by atoms with Crippen LogP contribution in [0, 0.1) is 12.7 Å². The highest BCUT2D eigenvalue weighted by molar-refractivity contribution is 5.57. The van der Waals surface area contributed by atoms with E-state index in [1.165, 1.54) is 12.1 Å². The Bertz CT molecular complexity index is 358. The average molecular weight is 181 g/mol. The van der Waals surface area contributed by atoms with E-state index in [-0.39, 0.29) is 5.82 Å². The smallest absolute Gasteiger partial charge is 0.124 e. The van der Waals surface area contributed by atoms with Crippen LogP contribution >= 0.6 is 0 Å². The fourth-order valence-electron chi connectivity index (χ4n) is 1.53. The van der Waals surface area contributed by atoms with Gasteiger partial charge in [-0.05, 0) is 37.5 Å². The highest BCUT2D eigenvalue weighted by Gasteiger charge is 2.43. The number of nitrogens with two attached hydrogens (primary N) is 1. The summed E-state index contributed by atoms with van der Waals surface area (Å²) in [6.07, 6.45) is 1.36. The second-order valence-electron chi connectivity index (χ2n) is 3.72. The van der Waals surface area contributed by atoms with Gasteiger partial charge in [-0.1, -0.05) is 0 Å². The summed E-state index contributed by atoms with van der Waals surface area (Å²) < 4.78 is 13.0. The van der Waals surface area contributed by atoms with Crippen LogP contribution in [0.2, 0.25) is 0 Å². The molecule has 0 amide bonds. The molecule has 0 atom stereocenters. The van der Waals surface area contributed by atoms with E-state index in [2.05, 4.69) is 0 Å². The van der Waals surface area contributed by atoms with E-state index < -0.39 is 5.60 Å². The summed E-state index contributed by atoms with van der Waals surface area (Å²) in [7, 11) is 0. The Labute approximate surface area is 76.2 Å². The van der Waals surface area contributed by atoms with E-state index in [0.717, 1.165) is 0 Å². The summed E-state index contributed by atoms with van der Waals surface area (Å²) in [6, 6.07) is 2.71. The predicted molar refractivity (Wildman–Crippen MR) is 48.7 cm³/mol. The Morgan fingerprint density at radius 2 is 2.08 bits per heavy atom. The Balaban J connectivity index is 2.56. The largest absolute Gasteiger partial charge is 0.398 e. The average Bonchev–Trinajstić information content (AvgIpc) is 2.77. The lowest BCUT2D eigenvalue weighted by Crippen LogP contribution is -2.10. The minimum Gasteiger partial charge on any atom is -0.398 e. The maximum absolute atomic E-state index is 13.0. The maximum Gasteiger partial charge on any atom is 0.124 e. The molecule has 0 spiro atoms. The van der Waals surface area contributed by atoms with Crippen LogP contribution < -0.4 is 5.73 Å². The number of hydrogen-bond donors (Lipinski definition) is 2. The summed E-state index contributed by atoms with van der Waals surface area (Å²) in [5.74, 6) is -0.331. The quantitative estimate of drug-likeness (QED) is 0.648. The second kappa shape index (κ2) is 2.45. The Morgan fingerprint density at radius 3 is 2.62 bits per heavy atom. The highest BCUT2D eigenvalue weighted by atomic mass is 19.1. The van der Waals surface area contributed by atoms with Crippen molar-refractivity contribution >= 4 is 5.69 Å². The van der Waals surface area contributed by atoms with E-state index >= 15 is 0 Å². The summed E-state index contributed by atoms with van der Waals surface area (Å²) in [6.45, 7) is 1.74. The first kappa shape index (κ1) is 8.51. The van der Waals surface area contributed by atoms with Gasteiger partial charge in [0.25, 0.3) is 0 Å². The Morgan fingerprint density at radius 1 is 1.46 bits per heavy atom. The first-order valence-electron chi connectivity index (χ1n) is 4.31. The molecule has 0 aromatic heterocycles. The van der Waals surface area contributed by atoms with Gasteiger partial charge in [-0.2, -0.15) is 0 Å². The van der Waals surface area contributed by atoms with E-state index in [9.17, 15) is 9.50 Å². The van der Waals surface area contributed by atoms with Crippen molar-refractivity contribution in [3.63, 3.8) is 0 Å². The third kappa shape index (κ3) is 1.29. The molecule has 1 aromatic rings. The van der Waals surface area contributed by atoms with Gasteiger partial charge in [-0.15, -0.1) is 0 Å². The molecule has 0 unspecified atom stereocenters. The van der Waals surface area contributed by atoms with E-state index in [1.54, 1.807) is 6.92 Å². The molecule has 1 fully saturated rings. The zero-order valence-corrected chi connectivity index (χ0v) is 7.47. The first-order chi connectivity index (χ1) is 6.03. The number of halogens is 1. The molecular formula is C10H12FNO. The molecule has 2 nitrogen and oxygen atoms in total. The van der Waals surface area contributed by atoms with Gasteiger partial charge in [0.05, 0.1) is 5.60 Å².